The molecular weight excluding hydrogens is 550 g/mol. The highest BCUT2D eigenvalue weighted by Gasteiger charge is 2.50. The lowest BCUT2D eigenvalue weighted by Crippen LogP contribution is -2.50. The quantitative estimate of drug-likeness (QED) is 0.219. The van der Waals surface area contributed by atoms with Gasteiger partial charge in [-0.1, -0.05) is 48.5 Å². The first-order valence-electron chi connectivity index (χ1n) is 14.4. The van der Waals surface area contributed by atoms with Crippen LogP contribution in [0.5, 0.6) is 0 Å². The van der Waals surface area contributed by atoms with Crippen LogP contribution in [-0.4, -0.2) is 71.2 Å². The van der Waals surface area contributed by atoms with Crippen LogP contribution in [0.2, 0.25) is 0 Å². The molecule has 2 amide bonds. The van der Waals surface area contributed by atoms with E-state index in [9.17, 15) is 19.2 Å². The number of hydrogen-bond acceptors (Lipinski definition) is 8. The molecule has 6 rings (SSSR count). The molecule has 10 heteroatoms. The van der Waals surface area contributed by atoms with Gasteiger partial charge in [-0.05, 0) is 47.6 Å². The van der Waals surface area contributed by atoms with Crippen molar-refractivity contribution in [1.29, 1.82) is 0 Å². The van der Waals surface area contributed by atoms with Gasteiger partial charge in [-0.15, -0.1) is 0 Å². The van der Waals surface area contributed by atoms with Crippen molar-refractivity contribution in [2.45, 2.75) is 37.9 Å². The molecule has 4 atom stereocenters. The molecule has 2 aromatic carbocycles. The van der Waals surface area contributed by atoms with E-state index in [1.54, 1.807) is 6.08 Å². The third kappa shape index (κ3) is 5.40. The number of fused-ring (bicyclic) bond motifs is 6. The van der Waals surface area contributed by atoms with Gasteiger partial charge >= 0.3 is 18.0 Å². The second kappa shape index (κ2) is 11.8. The monoisotopic (exact) mass is 583 g/mol. The summed E-state index contributed by atoms with van der Waals surface area (Å²) in [5.41, 5.74) is 3.54. The minimum atomic E-state index is -0.765. The number of carbonyl (C=O) groups excluding carboxylic acids is 4. The predicted octanol–water partition coefficient (Wildman–Crippen LogP) is 4.33. The van der Waals surface area contributed by atoms with Crippen molar-refractivity contribution >= 4 is 34.8 Å². The molecule has 0 saturated carbocycles. The summed E-state index contributed by atoms with van der Waals surface area (Å²) in [6.07, 6.45) is 5.31. The number of ether oxygens (including phenoxy) is 3. The van der Waals surface area contributed by atoms with E-state index in [1.807, 2.05) is 65.4 Å². The van der Waals surface area contributed by atoms with E-state index in [2.05, 4.69) is 11.0 Å². The van der Waals surface area contributed by atoms with E-state index in [1.165, 1.54) is 25.0 Å². The zero-order chi connectivity index (χ0) is 30.1. The second-order valence-corrected chi connectivity index (χ2v) is 11.0. The van der Waals surface area contributed by atoms with E-state index in [4.69, 9.17) is 14.2 Å². The molecule has 1 saturated heterocycles. The lowest BCUT2D eigenvalue weighted by Gasteiger charge is -2.47. The molecular formula is C33H33N3O7. The number of amides is 2. The maximum atomic E-state index is 14.7. The van der Waals surface area contributed by atoms with Gasteiger partial charge in [-0.2, -0.15) is 0 Å². The number of esters is 2. The second-order valence-electron chi connectivity index (χ2n) is 11.0. The molecule has 3 aromatic rings. The van der Waals surface area contributed by atoms with E-state index >= 15 is 0 Å². The van der Waals surface area contributed by atoms with Crippen LogP contribution in [0.3, 0.4) is 0 Å². The summed E-state index contributed by atoms with van der Waals surface area (Å²) in [5.74, 6) is -1.60. The molecule has 3 aliphatic heterocycles. The lowest BCUT2D eigenvalue weighted by atomic mass is 9.77. The zero-order valence-corrected chi connectivity index (χ0v) is 24.0. The van der Waals surface area contributed by atoms with E-state index < -0.39 is 24.1 Å². The highest BCUT2D eigenvalue weighted by molar-refractivity contribution is 5.97. The van der Waals surface area contributed by atoms with Crippen LogP contribution in [0.25, 0.3) is 10.9 Å². The van der Waals surface area contributed by atoms with Gasteiger partial charge in [0.2, 0.25) is 0 Å². The molecule has 4 heterocycles. The van der Waals surface area contributed by atoms with Crippen molar-refractivity contribution in [2.24, 2.45) is 5.92 Å². The summed E-state index contributed by atoms with van der Waals surface area (Å²) in [7, 11) is 1.31. The normalized spacial score (nSPS) is 22.7. The zero-order valence-electron chi connectivity index (χ0n) is 24.0. The van der Waals surface area contributed by atoms with Crippen LogP contribution >= 0.6 is 0 Å². The van der Waals surface area contributed by atoms with Crippen molar-refractivity contribution in [1.82, 2.24) is 14.4 Å². The number of cyclic esters (lactones) is 1. The van der Waals surface area contributed by atoms with Crippen LogP contribution < -0.4 is 0 Å². The van der Waals surface area contributed by atoms with Crippen molar-refractivity contribution < 1.29 is 33.4 Å². The van der Waals surface area contributed by atoms with Gasteiger partial charge in [-0.3, -0.25) is 9.59 Å². The molecule has 10 nitrogen and oxygen atoms in total. The molecule has 1 aromatic heterocycles. The number of imide groups is 1. The van der Waals surface area contributed by atoms with Crippen LogP contribution in [0, 0.1) is 5.92 Å². The average Bonchev–Trinajstić information content (AvgIpc) is 3.57. The van der Waals surface area contributed by atoms with E-state index in [0.29, 0.717) is 19.4 Å². The summed E-state index contributed by atoms with van der Waals surface area (Å²) < 4.78 is 17.6. The average molecular weight is 584 g/mol. The van der Waals surface area contributed by atoms with Crippen LogP contribution in [0.15, 0.2) is 84.6 Å². The summed E-state index contributed by atoms with van der Waals surface area (Å²) in [6, 6.07) is 18.3. The van der Waals surface area contributed by atoms with Crippen LogP contribution in [-0.2, 0) is 35.0 Å². The molecule has 1 fully saturated rings. The maximum Gasteiger partial charge on any atom is 0.417 e. The smallest absolute Gasteiger partial charge is 0.417 e. The standard InChI is InChI=1S/C33H33N3O7/c1-21(37)42-15-14-34-19-24(12-13-30(38)41-2)26-18-28(34)29-17-23-10-6-7-11-27(23)36(29)31(26)32(39)35-25(20-43-33(35)40)16-22-8-4-3-5-9-22/h3-13,17,19,25-26,28,31H,14-16,18,20H2,1-2H3/b13-12+/t25-,26+,28+,31-/m0/s1. The van der Waals surface area contributed by atoms with Crippen LogP contribution in [0.1, 0.15) is 36.7 Å². The Morgan fingerprint density at radius 3 is 2.60 bits per heavy atom. The van der Waals surface area contributed by atoms with Gasteiger partial charge < -0.3 is 23.7 Å². The van der Waals surface area contributed by atoms with Gasteiger partial charge in [0.1, 0.15) is 19.3 Å². The van der Waals surface area contributed by atoms with Crippen molar-refractivity contribution in [3.8, 4) is 0 Å². The molecule has 0 unspecified atom stereocenters. The fraction of sp³-hybridized carbons (Fsp3) is 0.333. The Kier molecular flexibility index (Phi) is 7.75. The molecule has 0 aliphatic carbocycles. The Bertz CT molecular complexity index is 1630. The maximum absolute atomic E-state index is 14.7. The molecule has 3 aliphatic rings. The van der Waals surface area contributed by atoms with Crippen molar-refractivity contribution in [3.05, 3.63) is 95.8 Å². The Labute approximate surface area is 249 Å². The Morgan fingerprint density at radius 1 is 1.07 bits per heavy atom. The SMILES string of the molecule is COC(=O)/C=C/C1=CN(CCOC(C)=O)[C@@H]2C[C@H]1[C@@H](C(=O)N1C(=O)OC[C@@H]1Cc1ccccc1)n1c2cc2ccccc21. The molecule has 43 heavy (non-hydrogen) atoms. The Hall–Kier alpha value is -4.86. The van der Waals surface area contributed by atoms with Gasteiger partial charge in [-0.25, -0.2) is 14.5 Å². The molecule has 0 spiro atoms. The molecule has 222 valence electrons. The third-order valence-corrected chi connectivity index (χ3v) is 8.43. The first kappa shape index (κ1) is 28.3. The van der Waals surface area contributed by atoms with Gasteiger partial charge in [0.25, 0.3) is 5.91 Å². The summed E-state index contributed by atoms with van der Waals surface area (Å²) >= 11 is 0. The highest BCUT2D eigenvalue weighted by Crippen LogP contribution is 2.50. The fourth-order valence-electron chi connectivity index (χ4n) is 6.54. The first-order valence-corrected chi connectivity index (χ1v) is 14.4. The largest absolute Gasteiger partial charge is 0.466 e. The molecule has 0 radical (unpaired) electrons. The first-order chi connectivity index (χ1) is 20.9. The number of hydrogen-bond donors (Lipinski definition) is 0. The number of aromatic nitrogens is 1. The number of methoxy groups -OCH3 is 1. The van der Waals surface area contributed by atoms with E-state index in [0.717, 1.165) is 27.7 Å². The minimum absolute atomic E-state index is 0.119. The summed E-state index contributed by atoms with van der Waals surface area (Å²) in [5, 5.41) is 0.972. The fourth-order valence-corrected chi connectivity index (χ4v) is 6.54. The van der Waals surface area contributed by atoms with Crippen molar-refractivity contribution in [2.75, 3.05) is 26.9 Å². The number of rotatable bonds is 8. The highest BCUT2D eigenvalue weighted by atomic mass is 16.6. The number of benzene rings is 2. The lowest BCUT2D eigenvalue weighted by molar-refractivity contribution is -0.142. The van der Waals surface area contributed by atoms with Crippen LogP contribution in [0.4, 0.5) is 4.79 Å². The van der Waals surface area contributed by atoms with E-state index in [-0.39, 0.29) is 37.0 Å². The Balaban J connectivity index is 1.44. The molecule has 0 N–H and O–H groups in total. The van der Waals surface area contributed by atoms with Gasteiger partial charge in [0.15, 0.2) is 0 Å². The third-order valence-electron chi connectivity index (χ3n) is 8.43. The van der Waals surface area contributed by atoms with Gasteiger partial charge in [0, 0.05) is 36.3 Å². The van der Waals surface area contributed by atoms with Crippen molar-refractivity contribution in [3.63, 3.8) is 0 Å². The summed E-state index contributed by atoms with van der Waals surface area (Å²) in [6.45, 7) is 2.10. The predicted molar refractivity (Wildman–Crippen MR) is 157 cm³/mol. The molecule has 2 bridgehead atoms. The number of allylic oxidation sites excluding steroid dienone is 2. The van der Waals surface area contributed by atoms with Gasteiger partial charge in [0.05, 0.1) is 25.7 Å². The number of para-hydroxylation sites is 1. The summed E-state index contributed by atoms with van der Waals surface area (Å²) in [4.78, 5) is 54.8. The number of nitrogens with zero attached hydrogens (tertiary/aromatic N) is 3. The number of carbonyl (C=O) groups is 4. The Morgan fingerprint density at radius 2 is 1.84 bits per heavy atom. The minimum Gasteiger partial charge on any atom is -0.466 e. The topological polar surface area (TPSA) is 107 Å².